The van der Waals surface area contributed by atoms with Crippen molar-refractivity contribution >= 4 is 7.82 Å². The first-order valence-electron chi connectivity index (χ1n) is 6.72. The van der Waals surface area contributed by atoms with Crippen LogP contribution in [0.4, 0.5) is 0 Å². The van der Waals surface area contributed by atoms with Crippen molar-refractivity contribution in [2.75, 3.05) is 13.2 Å². The Labute approximate surface area is 144 Å². The molecule has 0 bridgehead atoms. The van der Waals surface area contributed by atoms with Gasteiger partial charge in [-0.3, -0.25) is 4.57 Å². The van der Waals surface area contributed by atoms with Gasteiger partial charge in [-0.1, -0.05) is 52.4 Å². The molecule has 0 amide bonds. The predicted molar refractivity (Wildman–Crippen MR) is 67.8 cm³/mol. The van der Waals surface area contributed by atoms with Crippen molar-refractivity contribution in [1.82, 2.24) is 0 Å². The molecule has 0 atom stereocenters. The Kier molecular flexibility index (Phi) is 18.0. The van der Waals surface area contributed by atoms with E-state index in [0.717, 1.165) is 51.4 Å². The van der Waals surface area contributed by atoms with Crippen LogP contribution >= 0.6 is 7.82 Å². The number of phosphoric ester groups is 1. The Morgan fingerprint density at radius 1 is 0.833 bits per heavy atom. The first kappa shape index (κ1) is 21.8. The van der Waals surface area contributed by atoms with Gasteiger partial charge >= 0.3 is 0 Å². The van der Waals surface area contributed by atoms with Crippen LogP contribution in [0, 0.1) is 40.8 Å². The molecule has 0 N–H and O–H groups in total. The third kappa shape index (κ3) is 15.5. The second-order valence-electron chi connectivity index (χ2n) is 4.23. The van der Waals surface area contributed by atoms with Crippen molar-refractivity contribution in [1.29, 1.82) is 0 Å². The number of hydrogen-bond acceptors (Lipinski definition) is 4. The first-order valence-corrected chi connectivity index (χ1v) is 8.18. The Hall–Kier alpha value is 1.46. The minimum Gasteiger partial charge on any atom is -0.756 e. The van der Waals surface area contributed by atoms with Crippen molar-refractivity contribution in [2.24, 2.45) is 0 Å². The summed E-state index contributed by atoms with van der Waals surface area (Å²) < 4.78 is 20.8. The molecule has 0 rings (SSSR count). The SMILES string of the molecule is CCCCCCOP(=O)([O-])OCCCCCC.[Nd]. The molecule has 0 aromatic rings. The number of rotatable bonds is 12. The van der Waals surface area contributed by atoms with Crippen LogP contribution in [-0.4, -0.2) is 13.2 Å². The summed E-state index contributed by atoms with van der Waals surface area (Å²) in [5, 5.41) is 0. The molecule has 0 fully saturated rings. The van der Waals surface area contributed by atoms with E-state index in [4.69, 9.17) is 9.05 Å². The number of phosphoric acid groups is 1. The zero-order valence-corrected chi connectivity index (χ0v) is 15.8. The summed E-state index contributed by atoms with van der Waals surface area (Å²) in [6.45, 7) is 4.71. The van der Waals surface area contributed by atoms with Gasteiger partial charge in [-0.2, -0.15) is 0 Å². The molecule has 0 saturated carbocycles. The summed E-state index contributed by atoms with van der Waals surface area (Å²) >= 11 is 0. The van der Waals surface area contributed by atoms with Crippen LogP contribution in [-0.2, 0) is 13.6 Å². The molecule has 0 aliphatic rings. The molecule has 6 heteroatoms. The van der Waals surface area contributed by atoms with E-state index in [9.17, 15) is 9.46 Å². The fourth-order valence-corrected chi connectivity index (χ4v) is 2.23. The van der Waals surface area contributed by atoms with E-state index in [1.165, 1.54) is 0 Å². The van der Waals surface area contributed by atoms with E-state index in [1.54, 1.807) is 0 Å². The van der Waals surface area contributed by atoms with E-state index < -0.39 is 7.82 Å². The first-order chi connectivity index (χ1) is 8.12. The van der Waals surface area contributed by atoms with Gasteiger partial charge in [0, 0.05) is 40.8 Å². The molecule has 0 unspecified atom stereocenters. The van der Waals surface area contributed by atoms with Gasteiger partial charge in [0.1, 0.15) is 0 Å². The van der Waals surface area contributed by atoms with Gasteiger partial charge in [-0.25, -0.2) is 0 Å². The predicted octanol–water partition coefficient (Wildman–Crippen LogP) is 3.65. The molecule has 0 aliphatic carbocycles. The molecule has 0 heterocycles. The van der Waals surface area contributed by atoms with Crippen LogP contribution in [0.3, 0.4) is 0 Å². The zero-order chi connectivity index (χ0) is 13.0. The van der Waals surface area contributed by atoms with Crippen LogP contribution in [0.25, 0.3) is 0 Å². The van der Waals surface area contributed by atoms with Crippen molar-refractivity contribution in [3.8, 4) is 0 Å². The van der Waals surface area contributed by atoms with Crippen molar-refractivity contribution in [2.45, 2.75) is 65.2 Å². The smallest absolute Gasteiger partial charge is 0.267 e. The third-order valence-corrected chi connectivity index (χ3v) is 3.49. The Morgan fingerprint density at radius 2 is 1.22 bits per heavy atom. The maximum Gasteiger partial charge on any atom is 0.267 e. The minimum absolute atomic E-state index is 0. The van der Waals surface area contributed by atoms with Crippen molar-refractivity contribution in [3.05, 3.63) is 0 Å². The topological polar surface area (TPSA) is 58.6 Å². The second kappa shape index (κ2) is 14.9. The maximum absolute atomic E-state index is 11.3. The molecule has 0 saturated heterocycles. The van der Waals surface area contributed by atoms with Gasteiger partial charge < -0.3 is 13.9 Å². The number of unbranched alkanes of at least 4 members (excludes halogenated alkanes) is 6. The van der Waals surface area contributed by atoms with E-state index >= 15 is 0 Å². The molecule has 18 heavy (non-hydrogen) atoms. The normalized spacial score (nSPS) is 11.3. The molecule has 0 aromatic heterocycles. The molecule has 0 radical (unpaired) electrons. The van der Waals surface area contributed by atoms with Gasteiger partial charge in [0.15, 0.2) is 0 Å². The molecule has 0 spiro atoms. The van der Waals surface area contributed by atoms with Crippen LogP contribution in [0.5, 0.6) is 0 Å². The zero-order valence-electron chi connectivity index (χ0n) is 11.7. The Balaban J connectivity index is 0. The Bertz CT molecular complexity index is 196. The number of hydrogen-bond donors (Lipinski definition) is 0. The quantitative estimate of drug-likeness (QED) is 0.365. The maximum atomic E-state index is 11.3. The third-order valence-electron chi connectivity index (χ3n) is 2.49. The van der Waals surface area contributed by atoms with Gasteiger partial charge in [-0.15, -0.1) is 0 Å². The largest absolute Gasteiger partial charge is 0.756 e. The summed E-state index contributed by atoms with van der Waals surface area (Å²) in [7, 11) is -4.04. The minimum atomic E-state index is -4.04. The summed E-state index contributed by atoms with van der Waals surface area (Å²) in [6, 6.07) is 0. The molecule has 108 valence electrons. The molecule has 0 aliphatic heterocycles. The molecule has 0 aromatic carbocycles. The van der Waals surface area contributed by atoms with Crippen molar-refractivity contribution < 1.29 is 59.3 Å². The monoisotopic (exact) mass is 407 g/mol. The second-order valence-corrected chi connectivity index (χ2v) is 5.65. The molecular weight excluding hydrogens is 383 g/mol. The van der Waals surface area contributed by atoms with Crippen LogP contribution in [0.1, 0.15) is 65.2 Å². The van der Waals surface area contributed by atoms with E-state index in [2.05, 4.69) is 13.8 Å². The Morgan fingerprint density at radius 3 is 1.56 bits per heavy atom. The van der Waals surface area contributed by atoms with Gasteiger partial charge in [0.05, 0.1) is 13.2 Å². The standard InChI is InChI=1S/C12H27O4P.Nd/c1-3-5-7-9-11-15-17(13,14)16-12-10-8-6-4-2;/h3-12H2,1-2H3,(H,13,14);/p-1. The molecular formula is C12H26NdO4P-. The van der Waals surface area contributed by atoms with Gasteiger partial charge in [0.2, 0.25) is 0 Å². The summed E-state index contributed by atoms with van der Waals surface area (Å²) in [5.74, 6) is 0. The van der Waals surface area contributed by atoms with Crippen LogP contribution in [0.2, 0.25) is 0 Å². The van der Waals surface area contributed by atoms with E-state index in [-0.39, 0.29) is 54.1 Å². The summed E-state index contributed by atoms with van der Waals surface area (Å²) in [6.07, 6.45) is 8.05. The van der Waals surface area contributed by atoms with E-state index in [1.807, 2.05) is 0 Å². The summed E-state index contributed by atoms with van der Waals surface area (Å²) in [4.78, 5) is 11.3. The average molecular weight is 410 g/mol. The fourth-order valence-electron chi connectivity index (χ4n) is 1.45. The average Bonchev–Trinajstić information content (AvgIpc) is 2.28. The van der Waals surface area contributed by atoms with Crippen molar-refractivity contribution in [3.63, 3.8) is 0 Å². The molecule has 4 nitrogen and oxygen atoms in total. The van der Waals surface area contributed by atoms with Gasteiger partial charge in [0.25, 0.3) is 7.82 Å². The fraction of sp³-hybridized carbons (Fsp3) is 1.00. The van der Waals surface area contributed by atoms with E-state index in [0.29, 0.717) is 0 Å². The van der Waals surface area contributed by atoms with Crippen LogP contribution < -0.4 is 4.89 Å². The summed E-state index contributed by atoms with van der Waals surface area (Å²) in [5.41, 5.74) is 0. The van der Waals surface area contributed by atoms with Crippen LogP contribution in [0.15, 0.2) is 0 Å². The van der Waals surface area contributed by atoms with Gasteiger partial charge in [-0.05, 0) is 12.8 Å².